The third-order valence-corrected chi connectivity index (χ3v) is 2.55. The molecule has 0 spiro atoms. The molecule has 0 aromatic carbocycles. The van der Waals surface area contributed by atoms with Crippen LogP contribution in [0, 0.1) is 0 Å². The molecule has 4 N–H and O–H groups in total. The number of amides is 3. The summed E-state index contributed by atoms with van der Waals surface area (Å²) in [5, 5.41) is 11.5. The molecule has 18 heavy (non-hydrogen) atoms. The zero-order valence-corrected chi connectivity index (χ0v) is 10.1. The fourth-order valence-electron chi connectivity index (χ4n) is 1.70. The zero-order chi connectivity index (χ0) is 13.7. The summed E-state index contributed by atoms with van der Waals surface area (Å²) in [6, 6.07) is -1.97. The molecule has 8 nitrogen and oxygen atoms in total. The Morgan fingerprint density at radius 2 is 2.22 bits per heavy atom. The zero-order valence-electron chi connectivity index (χ0n) is 10.1. The van der Waals surface area contributed by atoms with Crippen LogP contribution < -0.4 is 11.1 Å². The topological polar surface area (TPSA) is 122 Å². The molecule has 0 aromatic rings. The first-order valence-electron chi connectivity index (χ1n) is 5.57. The van der Waals surface area contributed by atoms with Crippen molar-refractivity contribution in [3.8, 4) is 0 Å². The van der Waals surface area contributed by atoms with Crippen LogP contribution in [0.2, 0.25) is 0 Å². The molecule has 2 unspecified atom stereocenters. The summed E-state index contributed by atoms with van der Waals surface area (Å²) < 4.78 is 5.02. The van der Waals surface area contributed by atoms with Gasteiger partial charge in [0.1, 0.15) is 0 Å². The van der Waals surface area contributed by atoms with Crippen molar-refractivity contribution in [3.63, 3.8) is 0 Å². The summed E-state index contributed by atoms with van der Waals surface area (Å²) in [6.45, 7) is 2.08. The first-order valence-corrected chi connectivity index (χ1v) is 5.57. The molecule has 1 aliphatic rings. The lowest BCUT2D eigenvalue weighted by molar-refractivity contribution is -0.147. The highest BCUT2D eigenvalue weighted by Gasteiger charge is 2.33. The quantitative estimate of drug-likeness (QED) is 0.582. The first kappa shape index (κ1) is 14.2. The number of hydrogen-bond donors (Lipinski definition) is 3. The van der Waals surface area contributed by atoms with Gasteiger partial charge in [-0.15, -0.1) is 0 Å². The Morgan fingerprint density at radius 1 is 1.56 bits per heavy atom. The van der Waals surface area contributed by atoms with Crippen LogP contribution >= 0.6 is 0 Å². The van der Waals surface area contributed by atoms with E-state index >= 15 is 0 Å². The number of nitrogens with one attached hydrogen (secondary N) is 1. The van der Waals surface area contributed by atoms with Gasteiger partial charge in [-0.3, -0.25) is 4.79 Å². The second kappa shape index (κ2) is 6.20. The van der Waals surface area contributed by atoms with E-state index in [1.54, 1.807) is 6.92 Å². The van der Waals surface area contributed by atoms with Crippen LogP contribution in [0.25, 0.3) is 0 Å². The molecule has 0 bridgehead atoms. The van der Waals surface area contributed by atoms with Crippen LogP contribution in [-0.4, -0.2) is 59.8 Å². The number of aliphatic carboxylic acids is 1. The number of hydrogen-bond acceptors (Lipinski definition) is 4. The molecule has 0 saturated carbocycles. The Balaban J connectivity index is 2.58. The third kappa shape index (κ3) is 3.88. The SMILES string of the molecule is CC(CC(N)=O)NC(=O)N1CCOCC1C(=O)O. The summed E-state index contributed by atoms with van der Waals surface area (Å²) in [5.74, 6) is -1.65. The van der Waals surface area contributed by atoms with E-state index in [0.717, 1.165) is 0 Å². The van der Waals surface area contributed by atoms with Crippen molar-refractivity contribution in [1.29, 1.82) is 0 Å². The van der Waals surface area contributed by atoms with Gasteiger partial charge in [0, 0.05) is 19.0 Å². The minimum absolute atomic E-state index is 0.00776. The second-order valence-electron chi connectivity index (χ2n) is 4.14. The largest absolute Gasteiger partial charge is 0.480 e. The number of carbonyl (C=O) groups is 3. The number of urea groups is 1. The van der Waals surface area contributed by atoms with Gasteiger partial charge in [-0.05, 0) is 6.92 Å². The molecule has 2 atom stereocenters. The van der Waals surface area contributed by atoms with Crippen LogP contribution in [0.15, 0.2) is 0 Å². The smallest absolute Gasteiger partial charge is 0.328 e. The van der Waals surface area contributed by atoms with Gasteiger partial charge in [0.2, 0.25) is 5.91 Å². The molecular weight excluding hydrogens is 242 g/mol. The Kier molecular flexibility index (Phi) is 4.90. The van der Waals surface area contributed by atoms with Crippen LogP contribution in [0.3, 0.4) is 0 Å². The number of nitrogens with two attached hydrogens (primary N) is 1. The molecule has 1 aliphatic heterocycles. The van der Waals surface area contributed by atoms with E-state index < -0.39 is 30.0 Å². The lowest BCUT2D eigenvalue weighted by atomic mass is 10.2. The molecule has 8 heteroatoms. The van der Waals surface area contributed by atoms with Gasteiger partial charge in [-0.25, -0.2) is 9.59 Å². The van der Waals surface area contributed by atoms with Crippen molar-refractivity contribution in [2.24, 2.45) is 5.73 Å². The second-order valence-corrected chi connectivity index (χ2v) is 4.14. The van der Waals surface area contributed by atoms with Gasteiger partial charge in [0.15, 0.2) is 6.04 Å². The van der Waals surface area contributed by atoms with E-state index in [0.29, 0.717) is 6.61 Å². The maximum absolute atomic E-state index is 11.8. The molecule has 102 valence electrons. The minimum Gasteiger partial charge on any atom is -0.480 e. The number of carboxylic acids is 1. The Labute approximate surface area is 104 Å². The molecule has 1 rings (SSSR count). The van der Waals surface area contributed by atoms with Gasteiger partial charge < -0.3 is 25.8 Å². The molecular formula is C10H17N3O5. The number of carboxylic acid groups (broad SMARTS) is 1. The van der Waals surface area contributed by atoms with E-state index in [1.165, 1.54) is 4.90 Å². The van der Waals surface area contributed by atoms with E-state index in [9.17, 15) is 14.4 Å². The van der Waals surface area contributed by atoms with Gasteiger partial charge in [0.05, 0.1) is 13.2 Å². The normalized spacial score (nSPS) is 21.2. The molecule has 0 aromatic heterocycles. The fraction of sp³-hybridized carbons (Fsp3) is 0.700. The third-order valence-electron chi connectivity index (χ3n) is 2.55. The maximum Gasteiger partial charge on any atom is 0.328 e. The monoisotopic (exact) mass is 259 g/mol. The molecule has 0 aliphatic carbocycles. The number of ether oxygens (including phenoxy) is 1. The van der Waals surface area contributed by atoms with Crippen molar-refractivity contribution >= 4 is 17.9 Å². The van der Waals surface area contributed by atoms with Crippen molar-refractivity contribution < 1.29 is 24.2 Å². The number of carbonyl (C=O) groups excluding carboxylic acids is 2. The highest BCUT2D eigenvalue weighted by atomic mass is 16.5. The number of rotatable bonds is 4. The van der Waals surface area contributed by atoms with E-state index in [1.807, 2.05) is 0 Å². The summed E-state index contributed by atoms with van der Waals surface area (Å²) in [4.78, 5) is 34.7. The van der Waals surface area contributed by atoms with Gasteiger partial charge in [-0.2, -0.15) is 0 Å². The van der Waals surface area contributed by atoms with E-state index in [2.05, 4.69) is 5.32 Å². The van der Waals surface area contributed by atoms with Crippen LogP contribution in [0.1, 0.15) is 13.3 Å². The van der Waals surface area contributed by atoms with Crippen LogP contribution in [0.4, 0.5) is 4.79 Å². The van der Waals surface area contributed by atoms with Crippen molar-refractivity contribution in [1.82, 2.24) is 10.2 Å². The number of primary amides is 1. The molecule has 1 fully saturated rings. The highest BCUT2D eigenvalue weighted by Crippen LogP contribution is 2.08. The Hall–Kier alpha value is -1.83. The molecule has 1 saturated heterocycles. The predicted octanol–water partition coefficient (Wildman–Crippen LogP) is -1.25. The Morgan fingerprint density at radius 3 is 2.78 bits per heavy atom. The van der Waals surface area contributed by atoms with Crippen molar-refractivity contribution in [3.05, 3.63) is 0 Å². The standard InChI is InChI=1S/C10H17N3O5/c1-6(4-8(11)14)12-10(17)13-2-3-18-5-7(13)9(15)16/h6-7H,2-5H2,1H3,(H2,11,14)(H,12,17)(H,15,16). The van der Waals surface area contributed by atoms with Gasteiger partial charge >= 0.3 is 12.0 Å². The van der Waals surface area contributed by atoms with Crippen molar-refractivity contribution in [2.45, 2.75) is 25.4 Å². The van der Waals surface area contributed by atoms with E-state index in [4.69, 9.17) is 15.6 Å². The lowest BCUT2D eigenvalue weighted by Crippen LogP contribution is -2.57. The lowest BCUT2D eigenvalue weighted by Gasteiger charge is -2.33. The number of nitrogens with zero attached hydrogens (tertiary/aromatic N) is 1. The number of morpholine rings is 1. The minimum atomic E-state index is -1.12. The van der Waals surface area contributed by atoms with E-state index in [-0.39, 0.29) is 19.6 Å². The average Bonchev–Trinajstić information content (AvgIpc) is 2.27. The summed E-state index contributed by atoms with van der Waals surface area (Å²) in [7, 11) is 0. The van der Waals surface area contributed by atoms with Gasteiger partial charge in [-0.1, -0.05) is 0 Å². The van der Waals surface area contributed by atoms with Crippen molar-refractivity contribution in [2.75, 3.05) is 19.8 Å². The molecule has 3 amide bonds. The Bertz CT molecular complexity index is 346. The van der Waals surface area contributed by atoms with Crippen LogP contribution in [-0.2, 0) is 14.3 Å². The summed E-state index contributed by atoms with van der Waals surface area (Å²) >= 11 is 0. The molecule has 1 heterocycles. The fourth-order valence-corrected chi connectivity index (χ4v) is 1.70. The molecule has 0 radical (unpaired) electrons. The summed E-state index contributed by atoms with van der Waals surface area (Å²) in [6.07, 6.45) is 0.00776. The highest BCUT2D eigenvalue weighted by molar-refractivity contribution is 5.83. The summed E-state index contributed by atoms with van der Waals surface area (Å²) in [5.41, 5.74) is 5.01. The van der Waals surface area contributed by atoms with Gasteiger partial charge in [0.25, 0.3) is 0 Å². The first-order chi connectivity index (χ1) is 8.41. The maximum atomic E-state index is 11.8. The average molecular weight is 259 g/mol. The predicted molar refractivity (Wildman–Crippen MR) is 60.8 cm³/mol. The van der Waals surface area contributed by atoms with Crippen LogP contribution in [0.5, 0.6) is 0 Å².